The van der Waals surface area contributed by atoms with E-state index in [9.17, 15) is 22.8 Å². The first-order valence-corrected chi connectivity index (χ1v) is 9.24. The minimum atomic E-state index is -4.41. The molecule has 1 heterocycles. The SMILES string of the molecule is Cc1ccc(N2C(=O)CC(=O)N(S(=O)(=O)c3ccc(C)cc3)C2=O)cc1. The molecule has 2 aromatic rings. The summed E-state index contributed by atoms with van der Waals surface area (Å²) in [6.07, 6.45) is -0.704. The minimum absolute atomic E-state index is 0.166. The standard InChI is InChI=1S/C18H16N2O5S/c1-12-3-7-14(8-4-12)19-16(21)11-17(22)20(18(19)23)26(24,25)15-9-5-13(2)6-10-15/h3-10H,11H2,1-2H3. The largest absolute Gasteiger partial charge is 0.352 e. The van der Waals surface area contributed by atoms with Crippen LogP contribution in [-0.4, -0.2) is 30.6 Å². The fourth-order valence-electron chi connectivity index (χ4n) is 2.59. The lowest BCUT2D eigenvalue weighted by Crippen LogP contribution is -2.57. The topological polar surface area (TPSA) is 91.8 Å². The molecule has 0 unspecified atom stereocenters. The molecule has 1 fully saturated rings. The Hall–Kier alpha value is -3.00. The number of sulfonamides is 1. The predicted octanol–water partition coefficient (Wildman–Crippen LogP) is 2.38. The summed E-state index contributed by atoms with van der Waals surface area (Å²) in [7, 11) is -4.41. The summed E-state index contributed by atoms with van der Waals surface area (Å²) in [5.41, 5.74) is 1.95. The van der Waals surface area contributed by atoms with Gasteiger partial charge >= 0.3 is 6.03 Å². The Bertz CT molecular complexity index is 995. The number of barbiturate groups is 1. The molecule has 1 saturated heterocycles. The van der Waals surface area contributed by atoms with Crippen LogP contribution in [0.5, 0.6) is 0 Å². The van der Waals surface area contributed by atoms with Crippen molar-refractivity contribution < 1.29 is 22.8 Å². The number of hydrogen-bond donors (Lipinski definition) is 0. The molecule has 0 aliphatic carbocycles. The highest BCUT2D eigenvalue weighted by molar-refractivity contribution is 7.90. The summed E-state index contributed by atoms with van der Waals surface area (Å²) in [5.74, 6) is -1.83. The second kappa shape index (κ2) is 6.38. The lowest BCUT2D eigenvalue weighted by atomic mass is 10.2. The van der Waals surface area contributed by atoms with Crippen molar-refractivity contribution >= 4 is 33.6 Å². The van der Waals surface area contributed by atoms with Crippen LogP contribution < -0.4 is 4.90 Å². The van der Waals surface area contributed by atoms with E-state index in [4.69, 9.17) is 0 Å². The Labute approximate surface area is 150 Å². The number of hydrogen-bond acceptors (Lipinski definition) is 5. The van der Waals surface area contributed by atoms with Crippen LogP contribution in [0.15, 0.2) is 53.4 Å². The van der Waals surface area contributed by atoms with Gasteiger partial charge in [0.1, 0.15) is 6.42 Å². The van der Waals surface area contributed by atoms with Crippen molar-refractivity contribution in [2.75, 3.05) is 4.90 Å². The molecular formula is C18H16N2O5S. The van der Waals surface area contributed by atoms with Crippen LogP contribution in [0.3, 0.4) is 0 Å². The van der Waals surface area contributed by atoms with E-state index in [-0.39, 0.29) is 14.9 Å². The molecule has 26 heavy (non-hydrogen) atoms. The molecule has 0 saturated carbocycles. The van der Waals surface area contributed by atoms with Gasteiger partial charge in [-0.3, -0.25) is 9.59 Å². The first kappa shape index (κ1) is 17.8. The van der Waals surface area contributed by atoms with Gasteiger partial charge in [0.05, 0.1) is 10.6 Å². The first-order chi connectivity index (χ1) is 12.2. The number of amides is 4. The van der Waals surface area contributed by atoms with E-state index >= 15 is 0 Å². The number of urea groups is 1. The van der Waals surface area contributed by atoms with Crippen molar-refractivity contribution in [2.45, 2.75) is 25.2 Å². The molecular weight excluding hydrogens is 356 g/mol. The van der Waals surface area contributed by atoms with Crippen LogP contribution in [0.2, 0.25) is 0 Å². The zero-order chi connectivity index (χ0) is 19.1. The van der Waals surface area contributed by atoms with Gasteiger partial charge in [-0.05, 0) is 38.1 Å². The molecule has 0 radical (unpaired) electrons. The molecule has 3 rings (SSSR count). The number of rotatable bonds is 3. The summed E-state index contributed by atoms with van der Waals surface area (Å²) in [6, 6.07) is 11.0. The predicted molar refractivity (Wildman–Crippen MR) is 93.9 cm³/mol. The zero-order valence-corrected chi connectivity index (χ0v) is 15.0. The third-order valence-corrected chi connectivity index (χ3v) is 5.70. The maximum atomic E-state index is 12.8. The Kier molecular flexibility index (Phi) is 4.37. The summed E-state index contributed by atoms with van der Waals surface area (Å²) in [4.78, 5) is 37.7. The molecule has 7 nitrogen and oxygen atoms in total. The number of imide groups is 2. The average Bonchev–Trinajstić information content (AvgIpc) is 2.56. The molecule has 1 aliphatic heterocycles. The fourth-order valence-corrected chi connectivity index (χ4v) is 3.90. The van der Waals surface area contributed by atoms with Crippen molar-refractivity contribution in [1.29, 1.82) is 0 Å². The summed E-state index contributed by atoms with van der Waals surface area (Å²) >= 11 is 0. The highest BCUT2D eigenvalue weighted by Crippen LogP contribution is 2.27. The van der Waals surface area contributed by atoms with E-state index in [2.05, 4.69) is 0 Å². The second-order valence-corrected chi connectivity index (χ2v) is 7.79. The van der Waals surface area contributed by atoms with Crippen molar-refractivity contribution in [3.05, 3.63) is 59.7 Å². The number of benzene rings is 2. The molecule has 0 bridgehead atoms. The van der Waals surface area contributed by atoms with Gasteiger partial charge in [-0.25, -0.2) is 18.1 Å². The van der Waals surface area contributed by atoms with Gasteiger partial charge in [0, 0.05) is 0 Å². The molecule has 0 aromatic heterocycles. The third-order valence-electron chi connectivity index (χ3n) is 3.99. The quantitative estimate of drug-likeness (QED) is 0.772. The fraction of sp³-hybridized carbons (Fsp3) is 0.167. The van der Waals surface area contributed by atoms with E-state index in [0.29, 0.717) is 4.90 Å². The Balaban J connectivity index is 2.05. The summed E-state index contributed by atoms with van der Waals surface area (Å²) in [6.45, 7) is 3.62. The summed E-state index contributed by atoms with van der Waals surface area (Å²) in [5, 5.41) is 0. The maximum Gasteiger partial charge on any atom is 0.352 e. The van der Waals surface area contributed by atoms with Gasteiger partial charge in [-0.1, -0.05) is 35.4 Å². The van der Waals surface area contributed by atoms with Gasteiger partial charge in [0.25, 0.3) is 15.9 Å². The van der Waals surface area contributed by atoms with Gasteiger partial charge in [0.15, 0.2) is 0 Å². The number of carbonyl (C=O) groups excluding carboxylic acids is 3. The van der Waals surface area contributed by atoms with Crippen LogP contribution in [0.25, 0.3) is 0 Å². The minimum Gasteiger partial charge on any atom is -0.273 e. The number of nitrogens with zero attached hydrogens (tertiary/aromatic N) is 2. The van der Waals surface area contributed by atoms with Crippen molar-refractivity contribution in [2.24, 2.45) is 0 Å². The normalized spacial score (nSPS) is 15.5. The molecule has 2 aromatic carbocycles. The van der Waals surface area contributed by atoms with E-state index in [0.717, 1.165) is 11.1 Å². The monoisotopic (exact) mass is 372 g/mol. The maximum absolute atomic E-state index is 12.8. The van der Waals surface area contributed by atoms with Gasteiger partial charge in [-0.2, -0.15) is 4.31 Å². The smallest absolute Gasteiger partial charge is 0.273 e. The number of carbonyl (C=O) groups is 3. The second-order valence-electron chi connectivity index (χ2n) is 6.00. The number of anilines is 1. The Morgan fingerprint density at radius 1 is 0.769 bits per heavy atom. The van der Waals surface area contributed by atoms with Crippen LogP contribution in [0, 0.1) is 13.8 Å². The molecule has 134 valence electrons. The van der Waals surface area contributed by atoms with Gasteiger partial charge in [0.2, 0.25) is 5.91 Å². The Morgan fingerprint density at radius 3 is 1.81 bits per heavy atom. The van der Waals surface area contributed by atoms with Crippen molar-refractivity contribution in [3.8, 4) is 0 Å². The van der Waals surface area contributed by atoms with Crippen molar-refractivity contribution in [3.63, 3.8) is 0 Å². The lowest BCUT2D eigenvalue weighted by Gasteiger charge is -2.31. The van der Waals surface area contributed by atoms with E-state index in [1.165, 1.54) is 24.3 Å². The van der Waals surface area contributed by atoms with Crippen LogP contribution in [-0.2, 0) is 19.6 Å². The van der Waals surface area contributed by atoms with Crippen molar-refractivity contribution in [1.82, 2.24) is 4.31 Å². The van der Waals surface area contributed by atoms with E-state index in [1.54, 1.807) is 31.2 Å². The third kappa shape index (κ3) is 2.99. The van der Waals surface area contributed by atoms with E-state index < -0.39 is 34.3 Å². The lowest BCUT2D eigenvalue weighted by molar-refractivity contribution is -0.131. The average molecular weight is 372 g/mol. The van der Waals surface area contributed by atoms with Crippen LogP contribution >= 0.6 is 0 Å². The first-order valence-electron chi connectivity index (χ1n) is 7.80. The summed E-state index contributed by atoms with van der Waals surface area (Å²) < 4.78 is 25.8. The van der Waals surface area contributed by atoms with Gasteiger partial charge < -0.3 is 0 Å². The molecule has 0 atom stereocenters. The highest BCUT2D eigenvalue weighted by Gasteiger charge is 2.45. The highest BCUT2D eigenvalue weighted by atomic mass is 32.2. The van der Waals surface area contributed by atoms with Crippen LogP contribution in [0.1, 0.15) is 17.5 Å². The zero-order valence-electron chi connectivity index (χ0n) is 14.2. The molecule has 1 aliphatic rings. The molecule has 4 amide bonds. The molecule has 0 spiro atoms. The number of aryl methyl sites for hydroxylation is 2. The van der Waals surface area contributed by atoms with Gasteiger partial charge in [-0.15, -0.1) is 0 Å². The van der Waals surface area contributed by atoms with Crippen LogP contribution in [0.4, 0.5) is 10.5 Å². The van der Waals surface area contributed by atoms with E-state index in [1.807, 2.05) is 6.92 Å². The molecule has 8 heteroatoms. The Morgan fingerprint density at radius 2 is 1.27 bits per heavy atom. The molecule has 0 N–H and O–H groups in total.